The maximum Gasteiger partial charge on any atom is 0.260 e. The summed E-state index contributed by atoms with van der Waals surface area (Å²) < 4.78 is 21.0. The third kappa shape index (κ3) is 5.47. The average Bonchev–Trinajstić information content (AvgIpc) is 3.69. The molecule has 5 heteroatoms. The fourth-order valence-electron chi connectivity index (χ4n) is 9.33. The lowest BCUT2D eigenvalue weighted by molar-refractivity contribution is 0.465. The summed E-state index contributed by atoms with van der Waals surface area (Å²) in [6.07, 6.45) is 0. The largest absolute Gasteiger partial charge is 0.458 e. The number of para-hydroxylation sites is 3. The molecular weight excluding hydrogens is 733 g/mol. The number of hydrogen-bond acceptors (Lipinski definition) is 4. The van der Waals surface area contributed by atoms with Crippen molar-refractivity contribution in [3.8, 4) is 56.4 Å². The molecule has 3 heterocycles. The fourth-order valence-corrected chi connectivity index (χ4v) is 9.33. The minimum absolute atomic E-state index is 0.100. The lowest BCUT2D eigenvalue weighted by atomic mass is 9.34. The number of anilines is 3. The van der Waals surface area contributed by atoms with Gasteiger partial charge in [0.25, 0.3) is 6.71 Å². The maximum absolute atomic E-state index is 7.11. The number of hydrogen-bond donors (Lipinski definition) is 0. The topological polar surface area (TPSA) is 34.8 Å². The second kappa shape index (κ2) is 13.7. The van der Waals surface area contributed by atoms with Crippen molar-refractivity contribution in [1.29, 1.82) is 0 Å². The molecule has 0 N–H and O–H groups in total. The highest BCUT2D eigenvalue weighted by atomic mass is 16.5. The van der Waals surface area contributed by atoms with Gasteiger partial charge >= 0.3 is 0 Å². The molecule has 0 amide bonds. The van der Waals surface area contributed by atoms with E-state index in [0.717, 1.165) is 117 Å². The summed E-state index contributed by atoms with van der Waals surface area (Å²) in [5.74, 6) is 3.20. The van der Waals surface area contributed by atoms with Crippen LogP contribution >= 0.6 is 0 Å². The summed E-state index contributed by atoms with van der Waals surface area (Å²) in [7, 11) is 0. The number of aryl methyl sites for hydroxylation is 1. The quantitative estimate of drug-likeness (QED) is 0.158. The number of nitrogens with zero attached hydrogens (tertiary/aromatic N) is 1. The van der Waals surface area contributed by atoms with E-state index in [1.54, 1.807) is 0 Å². The van der Waals surface area contributed by atoms with E-state index in [9.17, 15) is 0 Å². The van der Waals surface area contributed by atoms with E-state index in [1.165, 1.54) is 0 Å². The van der Waals surface area contributed by atoms with Crippen LogP contribution in [0.3, 0.4) is 0 Å². The predicted octanol–water partition coefficient (Wildman–Crippen LogP) is 13.1. The van der Waals surface area contributed by atoms with Gasteiger partial charge < -0.3 is 18.8 Å². The SMILES string of the molecule is Cc1cccc(-c2ccccc2)c1N(c1cc2c3c(c1)Oc1cc(-c4ccccc4)ccc1B3c1ccc(-c3ccccc3)cc1O2)c1cccc2c1oc1ccccc12. The van der Waals surface area contributed by atoms with Crippen LogP contribution in [-0.4, -0.2) is 6.71 Å². The molecule has 0 bridgehead atoms. The Balaban J connectivity index is 1.12. The Bertz CT molecular complexity index is 3170. The van der Waals surface area contributed by atoms with Crippen molar-refractivity contribution in [1.82, 2.24) is 0 Å². The van der Waals surface area contributed by atoms with Gasteiger partial charge in [0.05, 0.1) is 17.1 Å². The van der Waals surface area contributed by atoms with E-state index >= 15 is 0 Å². The molecule has 2 aliphatic rings. The number of rotatable bonds is 6. The van der Waals surface area contributed by atoms with Crippen LogP contribution in [0.5, 0.6) is 23.0 Å². The van der Waals surface area contributed by atoms with Crippen LogP contribution in [0.4, 0.5) is 17.1 Å². The zero-order valence-corrected chi connectivity index (χ0v) is 32.8. The first kappa shape index (κ1) is 34.3. The Morgan fingerprint density at radius 3 is 1.62 bits per heavy atom. The molecular formula is C55H36BNO3. The van der Waals surface area contributed by atoms with Crippen LogP contribution in [0.25, 0.3) is 55.3 Å². The molecule has 282 valence electrons. The Labute approximate surface area is 348 Å². The highest BCUT2D eigenvalue weighted by Gasteiger charge is 2.41. The molecule has 60 heavy (non-hydrogen) atoms. The molecule has 2 aliphatic heterocycles. The van der Waals surface area contributed by atoms with Gasteiger partial charge in [0.15, 0.2) is 5.58 Å². The van der Waals surface area contributed by atoms with Gasteiger partial charge in [0, 0.05) is 33.9 Å². The first-order valence-corrected chi connectivity index (χ1v) is 20.4. The second-order valence-corrected chi connectivity index (χ2v) is 15.7. The van der Waals surface area contributed by atoms with Gasteiger partial charge in [-0.2, -0.15) is 0 Å². The molecule has 9 aromatic carbocycles. The Morgan fingerprint density at radius 2 is 0.983 bits per heavy atom. The molecule has 4 nitrogen and oxygen atoms in total. The fraction of sp³-hybridized carbons (Fsp3) is 0.0182. The summed E-state index contributed by atoms with van der Waals surface area (Å²) >= 11 is 0. The highest BCUT2D eigenvalue weighted by molar-refractivity contribution is 6.98. The van der Waals surface area contributed by atoms with Crippen LogP contribution in [-0.2, 0) is 0 Å². The molecule has 12 rings (SSSR count). The van der Waals surface area contributed by atoms with Crippen LogP contribution in [0.15, 0.2) is 205 Å². The first-order chi connectivity index (χ1) is 29.7. The molecule has 1 aromatic heterocycles. The third-order valence-corrected chi connectivity index (χ3v) is 12.1. The van der Waals surface area contributed by atoms with Crippen molar-refractivity contribution >= 4 is 62.1 Å². The lowest BCUT2D eigenvalue weighted by Gasteiger charge is -2.36. The van der Waals surface area contributed by atoms with Gasteiger partial charge in [-0.3, -0.25) is 0 Å². The second-order valence-electron chi connectivity index (χ2n) is 15.7. The van der Waals surface area contributed by atoms with Crippen molar-refractivity contribution in [2.45, 2.75) is 6.92 Å². The van der Waals surface area contributed by atoms with E-state index in [0.29, 0.717) is 0 Å². The summed E-state index contributed by atoms with van der Waals surface area (Å²) in [6.45, 7) is 2.08. The predicted molar refractivity (Wildman–Crippen MR) is 247 cm³/mol. The van der Waals surface area contributed by atoms with Crippen LogP contribution < -0.4 is 30.8 Å². The third-order valence-electron chi connectivity index (χ3n) is 12.1. The Morgan fingerprint density at radius 1 is 0.433 bits per heavy atom. The number of benzene rings is 9. The minimum Gasteiger partial charge on any atom is -0.458 e. The number of furan rings is 1. The van der Waals surface area contributed by atoms with E-state index in [1.807, 2.05) is 12.1 Å². The van der Waals surface area contributed by atoms with Crippen molar-refractivity contribution in [3.05, 3.63) is 206 Å². The van der Waals surface area contributed by atoms with Crippen molar-refractivity contribution in [3.63, 3.8) is 0 Å². The summed E-state index contributed by atoms with van der Waals surface area (Å²) in [4.78, 5) is 2.34. The molecule has 0 saturated carbocycles. The molecule has 0 unspecified atom stereocenters. The maximum atomic E-state index is 7.11. The van der Waals surface area contributed by atoms with Crippen molar-refractivity contribution in [2.75, 3.05) is 4.90 Å². The van der Waals surface area contributed by atoms with Crippen LogP contribution in [0, 0.1) is 6.92 Å². The highest BCUT2D eigenvalue weighted by Crippen LogP contribution is 2.49. The monoisotopic (exact) mass is 769 g/mol. The Hall–Kier alpha value is -7.76. The van der Waals surface area contributed by atoms with Gasteiger partial charge in [-0.15, -0.1) is 0 Å². The van der Waals surface area contributed by atoms with Crippen LogP contribution in [0.1, 0.15) is 5.56 Å². The smallest absolute Gasteiger partial charge is 0.260 e. The first-order valence-electron chi connectivity index (χ1n) is 20.4. The Kier molecular flexibility index (Phi) is 7.82. The molecule has 0 fully saturated rings. The van der Waals surface area contributed by atoms with Gasteiger partial charge in [-0.05, 0) is 75.5 Å². The molecule has 0 spiro atoms. The summed E-state index contributed by atoms with van der Waals surface area (Å²) in [5, 5.41) is 2.13. The molecule has 0 atom stereocenters. The summed E-state index contributed by atoms with van der Waals surface area (Å²) in [6, 6.07) is 70.5. The summed E-state index contributed by atoms with van der Waals surface area (Å²) in [5.41, 5.74) is 15.6. The van der Waals surface area contributed by atoms with Crippen molar-refractivity contribution < 1.29 is 13.9 Å². The number of ether oxygens (including phenoxy) is 2. The standard InChI is InChI=1S/C55H36BNO3/c1-35-15-13-23-42(38-20-9-4-10-21-38)54(35)57(47-25-14-24-44-43-22-11-12-26-48(43)60-55(44)47)41-33-51-53-52(34-41)59-50-32-40(37-18-7-3-8-19-37)28-30-46(50)56(53)45-29-27-39(31-49(45)58-51)36-16-5-2-6-17-36/h2-34H,1H3. The van der Waals surface area contributed by atoms with Gasteiger partial charge in [0.2, 0.25) is 0 Å². The average molecular weight is 770 g/mol. The van der Waals surface area contributed by atoms with Gasteiger partial charge in [0.1, 0.15) is 28.6 Å². The van der Waals surface area contributed by atoms with Crippen LogP contribution in [0.2, 0.25) is 0 Å². The van der Waals surface area contributed by atoms with E-state index in [4.69, 9.17) is 13.9 Å². The number of fused-ring (bicyclic) bond motifs is 7. The van der Waals surface area contributed by atoms with Crippen molar-refractivity contribution in [2.24, 2.45) is 0 Å². The van der Waals surface area contributed by atoms with Gasteiger partial charge in [-0.25, -0.2) is 0 Å². The minimum atomic E-state index is -0.100. The van der Waals surface area contributed by atoms with Gasteiger partial charge in [-0.1, -0.05) is 164 Å². The molecule has 0 saturated heterocycles. The molecule has 10 aromatic rings. The molecule has 0 aliphatic carbocycles. The normalized spacial score (nSPS) is 12.3. The van der Waals surface area contributed by atoms with E-state index < -0.39 is 0 Å². The van der Waals surface area contributed by atoms with E-state index in [2.05, 4.69) is 200 Å². The van der Waals surface area contributed by atoms with E-state index in [-0.39, 0.29) is 6.71 Å². The zero-order chi connectivity index (χ0) is 39.7. The zero-order valence-electron chi connectivity index (χ0n) is 32.8. The molecule has 0 radical (unpaired) electrons. The lowest BCUT2D eigenvalue weighted by Crippen LogP contribution is -2.57.